The number of sulfone groups is 1. The lowest BCUT2D eigenvalue weighted by molar-refractivity contribution is -0.00841. The molecule has 8 heteroatoms. The summed E-state index contributed by atoms with van der Waals surface area (Å²) >= 11 is 0. The van der Waals surface area contributed by atoms with E-state index < -0.39 is 9.84 Å². The van der Waals surface area contributed by atoms with Crippen molar-refractivity contribution >= 4 is 15.8 Å². The largest absolute Gasteiger partial charge is 0.379 e. The summed E-state index contributed by atoms with van der Waals surface area (Å²) in [5, 5.41) is 3.27. The molecule has 1 heterocycles. The van der Waals surface area contributed by atoms with Crippen LogP contribution in [0.3, 0.4) is 0 Å². The molecule has 0 aromatic heterocycles. The van der Waals surface area contributed by atoms with Gasteiger partial charge in [-0.2, -0.15) is 0 Å². The van der Waals surface area contributed by atoms with E-state index in [-0.39, 0.29) is 18.5 Å². The fraction of sp³-hybridized carbons (Fsp3) is 0.611. The maximum absolute atomic E-state index is 11.1. The van der Waals surface area contributed by atoms with E-state index in [1.807, 2.05) is 12.1 Å². The Kier molecular flexibility index (Phi) is 7.86. The fourth-order valence-corrected chi connectivity index (χ4v) is 3.28. The van der Waals surface area contributed by atoms with E-state index in [1.54, 1.807) is 7.05 Å². The van der Waals surface area contributed by atoms with Crippen LogP contribution in [0, 0.1) is 6.92 Å². The summed E-state index contributed by atoms with van der Waals surface area (Å²) in [6, 6.07) is 8.27. The number of nitrogens with zero attached hydrogens (tertiary/aromatic N) is 2. The molecule has 146 valence electrons. The van der Waals surface area contributed by atoms with Crippen LogP contribution in [0.5, 0.6) is 0 Å². The second-order valence-electron chi connectivity index (χ2n) is 6.38. The molecule has 0 bridgehead atoms. The number of rotatable bonds is 7. The van der Waals surface area contributed by atoms with Crippen molar-refractivity contribution in [3.05, 3.63) is 35.4 Å². The molecule has 0 amide bonds. The average molecular weight is 384 g/mol. The number of aryl methyl sites for hydroxylation is 1. The molecule has 1 aromatic carbocycles. The van der Waals surface area contributed by atoms with Gasteiger partial charge in [-0.05, 0) is 18.1 Å². The van der Waals surface area contributed by atoms with Crippen LogP contribution < -0.4 is 5.32 Å². The Hall–Kier alpha value is -1.64. The predicted molar refractivity (Wildman–Crippen MR) is 103 cm³/mol. The maximum Gasteiger partial charge on any atom is 0.193 e. The van der Waals surface area contributed by atoms with E-state index >= 15 is 0 Å². The molecule has 1 aromatic rings. The van der Waals surface area contributed by atoms with Crippen molar-refractivity contribution < 1.29 is 17.9 Å². The molecule has 1 atom stereocenters. The Labute approximate surface area is 156 Å². The Bertz CT molecular complexity index is 706. The number of aliphatic imine (C=N–C) groups is 1. The summed E-state index contributed by atoms with van der Waals surface area (Å²) in [5.74, 6) is 0.849. The zero-order valence-electron chi connectivity index (χ0n) is 15.8. The number of nitrogens with one attached hydrogen (secondary N) is 1. The van der Waals surface area contributed by atoms with Crippen LogP contribution in [0.4, 0.5) is 0 Å². The summed E-state index contributed by atoms with van der Waals surface area (Å²) in [5.41, 5.74) is 2.43. The summed E-state index contributed by atoms with van der Waals surface area (Å²) in [7, 11) is -1.22. The first-order valence-electron chi connectivity index (χ1n) is 8.79. The summed E-state index contributed by atoms with van der Waals surface area (Å²) in [6.45, 7) is 5.47. The first-order chi connectivity index (χ1) is 12.4. The van der Waals surface area contributed by atoms with Gasteiger partial charge in [0.1, 0.15) is 15.9 Å². The van der Waals surface area contributed by atoms with Gasteiger partial charge in [-0.25, -0.2) is 8.42 Å². The standard InChI is InChI=1S/C18H29N3O4S/c1-15-6-4-5-7-16(15)17-14-21(9-11-25-17)18(19-2)20-8-10-24-12-13-26(3,22)23/h4-7,17H,8-14H2,1-3H3,(H,19,20). The number of hydrogen-bond acceptors (Lipinski definition) is 5. The molecular formula is C18H29N3O4S. The zero-order valence-corrected chi connectivity index (χ0v) is 16.6. The van der Waals surface area contributed by atoms with Crippen LogP contribution >= 0.6 is 0 Å². The van der Waals surface area contributed by atoms with Crippen LogP contribution in [0.15, 0.2) is 29.3 Å². The van der Waals surface area contributed by atoms with Crippen molar-refractivity contribution in [2.24, 2.45) is 4.99 Å². The monoisotopic (exact) mass is 383 g/mol. The SMILES string of the molecule is CN=C(NCCOCCS(C)(=O)=O)N1CCOC(c2ccccc2C)C1. The minimum Gasteiger partial charge on any atom is -0.379 e. The van der Waals surface area contributed by atoms with Gasteiger partial charge in [-0.3, -0.25) is 4.99 Å². The number of guanidine groups is 1. The highest BCUT2D eigenvalue weighted by Crippen LogP contribution is 2.24. The molecule has 1 fully saturated rings. The Morgan fingerprint density at radius 3 is 2.85 bits per heavy atom. The predicted octanol–water partition coefficient (Wildman–Crippen LogP) is 1.00. The molecule has 0 aliphatic carbocycles. The molecule has 1 N–H and O–H groups in total. The molecule has 2 rings (SSSR count). The highest BCUT2D eigenvalue weighted by molar-refractivity contribution is 7.90. The summed E-state index contributed by atoms with van der Waals surface area (Å²) in [6.07, 6.45) is 1.23. The molecule has 1 unspecified atom stereocenters. The molecule has 0 spiro atoms. The third-order valence-corrected chi connectivity index (χ3v) is 5.15. The van der Waals surface area contributed by atoms with Gasteiger partial charge in [-0.1, -0.05) is 24.3 Å². The molecule has 1 saturated heterocycles. The average Bonchev–Trinajstić information content (AvgIpc) is 2.61. The van der Waals surface area contributed by atoms with Crippen molar-refractivity contribution in [2.75, 3.05) is 58.5 Å². The van der Waals surface area contributed by atoms with Crippen molar-refractivity contribution in [3.63, 3.8) is 0 Å². The van der Waals surface area contributed by atoms with Crippen LogP contribution in [0.1, 0.15) is 17.2 Å². The van der Waals surface area contributed by atoms with E-state index in [9.17, 15) is 8.42 Å². The molecule has 0 saturated carbocycles. The van der Waals surface area contributed by atoms with Gasteiger partial charge in [0, 0.05) is 26.4 Å². The number of ether oxygens (including phenoxy) is 2. The number of hydrogen-bond donors (Lipinski definition) is 1. The van der Waals surface area contributed by atoms with Gasteiger partial charge < -0.3 is 19.7 Å². The third-order valence-electron chi connectivity index (χ3n) is 4.24. The van der Waals surface area contributed by atoms with Crippen molar-refractivity contribution in [2.45, 2.75) is 13.0 Å². The van der Waals surface area contributed by atoms with Crippen LogP contribution in [-0.2, 0) is 19.3 Å². The first kappa shape index (κ1) is 20.7. The van der Waals surface area contributed by atoms with E-state index in [0.29, 0.717) is 19.8 Å². The summed E-state index contributed by atoms with van der Waals surface area (Å²) < 4.78 is 33.4. The zero-order chi connectivity index (χ0) is 19.0. The molecule has 1 aliphatic heterocycles. The highest BCUT2D eigenvalue weighted by atomic mass is 32.2. The molecule has 26 heavy (non-hydrogen) atoms. The number of morpholine rings is 1. The quantitative estimate of drug-likeness (QED) is 0.430. The van der Waals surface area contributed by atoms with Gasteiger partial charge >= 0.3 is 0 Å². The Balaban J connectivity index is 1.81. The molecule has 1 aliphatic rings. The van der Waals surface area contributed by atoms with Gasteiger partial charge in [0.15, 0.2) is 5.96 Å². The van der Waals surface area contributed by atoms with Gasteiger partial charge in [0.25, 0.3) is 0 Å². The van der Waals surface area contributed by atoms with E-state index in [2.05, 4.69) is 34.3 Å². The van der Waals surface area contributed by atoms with Crippen LogP contribution in [0.2, 0.25) is 0 Å². The van der Waals surface area contributed by atoms with Crippen molar-refractivity contribution in [1.29, 1.82) is 0 Å². The molecular weight excluding hydrogens is 354 g/mol. The smallest absolute Gasteiger partial charge is 0.193 e. The molecule has 7 nitrogen and oxygen atoms in total. The lowest BCUT2D eigenvalue weighted by atomic mass is 10.0. The lowest BCUT2D eigenvalue weighted by Gasteiger charge is -2.35. The maximum atomic E-state index is 11.1. The van der Waals surface area contributed by atoms with Crippen molar-refractivity contribution in [1.82, 2.24) is 10.2 Å². The topological polar surface area (TPSA) is 80.2 Å². The highest BCUT2D eigenvalue weighted by Gasteiger charge is 2.24. The second-order valence-corrected chi connectivity index (χ2v) is 8.64. The Morgan fingerprint density at radius 2 is 2.15 bits per heavy atom. The lowest BCUT2D eigenvalue weighted by Crippen LogP contribution is -2.48. The normalized spacial score (nSPS) is 18.8. The van der Waals surface area contributed by atoms with Crippen molar-refractivity contribution in [3.8, 4) is 0 Å². The first-order valence-corrected chi connectivity index (χ1v) is 10.8. The van der Waals surface area contributed by atoms with Gasteiger partial charge in [0.05, 0.1) is 32.1 Å². The third kappa shape index (κ3) is 6.59. The van der Waals surface area contributed by atoms with E-state index in [0.717, 1.165) is 19.0 Å². The minimum absolute atomic E-state index is 0.0227. The summed E-state index contributed by atoms with van der Waals surface area (Å²) in [4.78, 5) is 6.52. The molecule has 0 radical (unpaired) electrons. The van der Waals surface area contributed by atoms with E-state index in [1.165, 1.54) is 17.4 Å². The Morgan fingerprint density at radius 1 is 1.38 bits per heavy atom. The van der Waals surface area contributed by atoms with Gasteiger partial charge in [-0.15, -0.1) is 0 Å². The van der Waals surface area contributed by atoms with Crippen LogP contribution in [0.25, 0.3) is 0 Å². The van der Waals surface area contributed by atoms with Crippen LogP contribution in [-0.4, -0.2) is 77.8 Å². The minimum atomic E-state index is -2.98. The second kappa shape index (κ2) is 9.89. The fourth-order valence-electron chi connectivity index (χ4n) is 2.86. The number of benzene rings is 1. The van der Waals surface area contributed by atoms with E-state index in [4.69, 9.17) is 9.47 Å². The van der Waals surface area contributed by atoms with Gasteiger partial charge in [0.2, 0.25) is 0 Å².